The van der Waals surface area contributed by atoms with Gasteiger partial charge >= 0.3 is 0 Å². The third kappa shape index (κ3) is 4.04. The highest BCUT2D eigenvalue weighted by atomic mass is 32.2. The maximum absolute atomic E-state index is 11.2. The van der Waals surface area contributed by atoms with E-state index in [1.165, 1.54) is 0 Å². The van der Waals surface area contributed by atoms with Gasteiger partial charge in [-0.1, -0.05) is 41.2 Å². The van der Waals surface area contributed by atoms with E-state index in [1.807, 2.05) is 42.1 Å². The van der Waals surface area contributed by atoms with Crippen molar-refractivity contribution in [2.45, 2.75) is 17.3 Å². The number of aromatic nitrogens is 6. The summed E-state index contributed by atoms with van der Waals surface area (Å²) in [5.41, 5.74) is 9.40. The zero-order valence-corrected chi connectivity index (χ0v) is 16.7. The number of nitrogens with two attached hydrogens (primary N) is 1. The summed E-state index contributed by atoms with van der Waals surface area (Å²) in [6.07, 6.45) is 3.55. The molecule has 1 amide bonds. The highest BCUT2D eigenvalue weighted by Crippen LogP contribution is 2.33. The summed E-state index contributed by atoms with van der Waals surface area (Å²) in [5.74, 6) is -0.453. The molecule has 4 rings (SSSR count). The zero-order valence-electron chi connectivity index (χ0n) is 15.9. The highest BCUT2D eigenvalue weighted by Gasteiger charge is 2.13. The van der Waals surface area contributed by atoms with Gasteiger partial charge in [0.05, 0.1) is 11.9 Å². The predicted octanol–water partition coefficient (Wildman–Crippen LogP) is 3.01. The van der Waals surface area contributed by atoms with Crippen LogP contribution in [0, 0.1) is 0 Å². The number of carbonyl (C=O) groups excluding carboxylic acids is 1. The number of hydrogen-bond donors (Lipinski definition) is 1. The van der Waals surface area contributed by atoms with E-state index < -0.39 is 5.91 Å². The smallest absolute Gasteiger partial charge is 0.248 e. The Morgan fingerprint density at radius 1 is 1.14 bits per heavy atom. The highest BCUT2D eigenvalue weighted by molar-refractivity contribution is 7.99. The fraction of sp³-hybridized carbons (Fsp3) is 0.150. The van der Waals surface area contributed by atoms with E-state index in [1.54, 1.807) is 34.9 Å². The Morgan fingerprint density at radius 3 is 2.62 bits per heavy atom. The summed E-state index contributed by atoms with van der Waals surface area (Å²) in [6, 6.07) is 15.1. The van der Waals surface area contributed by atoms with E-state index in [0.717, 1.165) is 22.0 Å². The number of thioether (sulfide) groups is 1. The van der Waals surface area contributed by atoms with E-state index in [9.17, 15) is 4.79 Å². The van der Waals surface area contributed by atoms with Crippen LogP contribution in [-0.4, -0.2) is 35.7 Å². The lowest BCUT2D eigenvalue weighted by atomic mass is 10.1. The van der Waals surface area contributed by atoms with E-state index in [-0.39, 0.29) is 5.25 Å². The van der Waals surface area contributed by atoms with Gasteiger partial charge in [0.2, 0.25) is 5.91 Å². The molecular weight excluding hydrogens is 386 g/mol. The van der Waals surface area contributed by atoms with Gasteiger partial charge in [0.25, 0.3) is 0 Å². The van der Waals surface area contributed by atoms with Crippen molar-refractivity contribution in [1.82, 2.24) is 29.8 Å². The predicted molar refractivity (Wildman–Crippen MR) is 111 cm³/mol. The number of amides is 1. The number of carbonyl (C=O) groups is 1. The first-order chi connectivity index (χ1) is 14.0. The lowest BCUT2D eigenvalue weighted by Crippen LogP contribution is -2.10. The monoisotopic (exact) mass is 405 g/mol. The first-order valence-electron chi connectivity index (χ1n) is 8.95. The van der Waals surface area contributed by atoms with Gasteiger partial charge in [-0.15, -0.1) is 15.3 Å². The minimum Gasteiger partial charge on any atom is -0.366 e. The van der Waals surface area contributed by atoms with Crippen molar-refractivity contribution >= 4 is 17.7 Å². The molecule has 0 aliphatic rings. The molecule has 0 saturated heterocycles. The third-order valence-electron chi connectivity index (χ3n) is 4.51. The Kier molecular flexibility index (Phi) is 5.13. The van der Waals surface area contributed by atoms with Crippen LogP contribution in [-0.2, 0) is 7.05 Å². The number of hydrogen-bond acceptors (Lipinski definition) is 6. The van der Waals surface area contributed by atoms with Gasteiger partial charge in [-0.05, 0) is 36.8 Å². The lowest BCUT2D eigenvalue weighted by molar-refractivity contribution is 0.100. The van der Waals surface area contributed by atoms with Crippen molar-refractivity contribution in [2.75, 3.05) is 0 Å². The molecule has 0 saturated carbocycles. The van der Waals surface area contributed by atoms with Gasteiger partial charge in [0.15, 0.2) is 5.16 Å². The van der Waals surface area contributed by atoms with Gasteiger partial charge in [-0.2, -0.15) is 0 Å². The Bertz CT molecular complexity index is 1150. The van der Waals surface area contributed by atoms with Gasteiger partial charge in [0, 0.05) is 23.4 Å². The number of rotatable bonds is 6. The first kappa shape index (κ1) is 18.9. The topological polar surface area (TPSA) is 105 Å². The SMILES string of the molecule is C[C@H](Sc1nncn1C)c1cccc(-n2cc(-c3ccc(C(N)=O)cc3)nn2)c1. The Balaban J connectivity index is 1.56. The van der Waals surface area contributed by atoms with Crippen LogP contribution in [0.2, 0.25) is 0 Å². The molecule has 0 fully saturated rings. The molecule has 9 heteroatoms. The summed E-state index contributed by atoms with van der Waals surface area (Å²) in [5, 5.41) is 17.6. The minimum absolute atomic E-state index is 0.196. The summed E-state index contributed by atoms with van der Waals surface area (Å²) < 4.78 is 3.64. The maximum Gasteiger partial charge on any atom is 0.248 e. The van der Waals surface area contributed by atoms with Crippen molar-refractivity contribution in [3.05, 3.63) is 72.2 Å². The van der Waals surface area contributed by atoms with Crippen LogP contribution < -0.4 is 5.73 Å². The molecule has 0 aliphatic carbocycles. The zero-order chi connectivity index (χ0) is 20.4. The molecule has 1 atom stereocenters. The van der Waals surface area contributed by atoms with E-state index in [2.05, 4.69) is 39.6 Å². The van der Waals surface area contributed by atoms with Gasteiger partial charge in [-0.3, -0.25) is 4.79 Å². The Labute approximate surface area is 171 Å². The summed E-state index contributed by atoms with van der Waals surface area (Å²) >= 11 is 1.65. The van der Waals surface area contributed by atoms with Crippen LogP contribution >= 0.6 is 11.8 Å². The molecule has 8 nitrogen and oxygen atoms in total. The van der Waals surface area contributed by atoms with Crippen molar-refractivity contribution in [3.63, 3.8) is 0 Å². The van der Waals surface area contributed by atoms with Gasteiger partial charge in [-0.25, -0.2) is 4.68 Å². The number of aryl methyl sites for hydroxylation is 1. The summed E-state index contributed by atoms with van der Waals surface area (Å²) in [4.78, 5) is 11.2. The fourth-order valence-electron chi connectivity index (χ4n) is 2.85. The molecule has 0 radical (unpaired) electrons. The Hall–Kier alpha value is -3.46. The second-order valence-electron chi connectivity index (χ2n) is 6.57. The van der Waals surface area contributed by atoms with Crippen LogP contribution in [0.25, 0.3) is 16.9 Å². The van der Waals surface area contributed by atoms with Crippen LogP contribution in [0.4, 0.5) is 0 Å². The summed E-state index contributed by atoms with van der Waals surface area (Å²) in [6.45, 7) is 2.13. The third-order valence-corrected chi connectivity index (χ3v) is 5.72. The van der Waals surface area contributed by atoms with Crippen LogP contribution in [0.15, 0.2) is 66.2 Å². The maximum atomic E-state index is 11.2. The second-order valence-corrected chi connectivity index (χ2v) is 7.88. The molecule has 4 aromatic rings. The van der Waals surface area contributed by atoms with Crippen molar-refractivity contribution in [1.29, 1.82) is 0 Å². The second kappa shape index (κ2) is 7.88. The van der Waals surface area contributed by atoms with Crippen molar-refractivity contribution in [2.24, 2.45) is 12.8 Å². The van der Waals surface area contributed by atoms with Gasteiger partial charge in [0.1, 0.15) is 12.0 Å². The minimum atomic E-state index is -0.453. The molecule has 2 N–H and O–H groups in total. The first-order valence-corrected chi connectivity index (χ1v) is 9.83. The largest absolute Gasteiger partial charge is 0.366 e. The van der Waals surface area contributed by atoms with Gasteiger partial charge < -0.3 is 10.3 Å². The van der Waals surface area contributed by atoms with Crippen LogP contribution in [0.5, 0.6) is 0 Å². The van der Waals surface area contributed by atoms with Crippen LogP contribution in [0.3, 0.4) is 0 Å². The molecule has 0 unspecified atom stereocenters. The number of primary amides is 1. The molecular formula is C20H19N7OS. The normalized spacial score (nSPS) is 12.1. The number of benzene rings is 2. The van der Waals surface area contributed by atoms with Crippen molar-refractivity contribution < 1.29 is 4.79 Å². The molecule has 2 aromatic heterocycles. The van der Waals surface area contributed by atoms with E-state index in [0.29, 0.717) is 11.3 Å². The summed E-state index contributed by atoms with van der Waals surface area (Å²) in [7, 11) is 1.93. The molecule has 29 heavy (non-hydrogen) atoms. The molecule has 0 bridgehead atoms. The molecule has 146 valence electrons. The fourth-order valence-corrected chi connectivity index (χ4v) is 3.76. The average Bonchev–Trinajstić information content (AvgIpc) is 3.38. The number of nitrogens with zero attached hydrogens (tertiary/aromatic N) is 6. The molecule has 2 heterocycles. The molecule has 2 aromatic carbocycles. The van der Waals surface area contributed by atoms with Crippen molar-refractivity contribution in [3.8, 4) is 16.9 Å². The standard InChI is InChI=1S/C20H19N7OS/c1-13(29-20-24-22-12-26(20)2)16-4-3-5-17(10-16)27-11-18(23-25-27)14-6-8-15(9-7-14)19(21)28/h3-13H,1-2H3,(H2,21,28)/t13-/m0/s1. The Morgan fingerprint density at radius 2 is 1.93 bits per heavy atom. The lowest BCUT2D eigenvalue weighted by Gasteiger charge is -2.12. The van der Waals surface area contributed by atoms with E-state index >= 15 is 0 Å². The molecule has 0 aliphatic heterocycles. The molecule has 0 spiro atoms. The average molecular weight is 405 g/mol. The quantitative estimate of drug-likeness (QED) is 0.495. The van der Waals surface area contributed by atoms with Crippen LogP contribution in [0.1, 0.15) is 28.1 Å². The van der Waals surface area contributed by atoms with E-state index in [4.69, 9.17) is 5.73 Å².